The van der Waals surface area contributed by atoms with Crippen molar-refractivity contribution in [3.63, 3.8) is 0 Å². The number of carbonyl (C=O) groups excluding carboxylic acids is 1. The van der Waals surface area contributed by atoms with Gasteiger partial charge in [-0.05, 0) is 0 Å². The second kappa shape index (κ2) is 5.76. The number of carboxylic acid groups (broad SMARTS) is 1. The lowest BCUT2D eigenvalue weighted by Crippen LogP contribution is -2.37. The van der Waals surface area contributed by atoms with E-state index in [0.29, 0.717) is 0 Å². The van der Waals surface area contributed by atoms with Crippen molar-refractivity contribution in [3.8, 4) is 0 Å². The zero-order valence-electron chi connectivity index (χ0n) is 8.35. The number of hydrogen-bond donors (Lipinski definition) is 3. The molecule has 92 valence electrons. The molecule has 0 saturated carbocycles. The lowest BCUT2D eigenvalue weighted by molar-refractivity contribution is -0.138. The zero-order valence-corrected chi connectivity index (χ0v) is 9.87. The average Bonchev–Trinajstić information content (AvgIpc) is 2.22. The van der Waals surface area contributed by atoms with Gasteiger partial charge in [0.05, 0.1) is 12.5 Å². The molecule has 0 radical (unpaired) electrons. The Bertz CT molecular complexity index is 434. The minimum atomic E-state index is -1.21. The van der Waals surface area contributed by atoms with E-state index in [9.17, 15) is 9.59 Å². The van der Waals surface area contributed by atoms with Crippen LogP contribution >= 0.6 is 23.2 Å². The summed E-state index contributed by atoms with van der Waals surface area (Å²) >= 11 is 11.4. The summed E-state index contributed by atoms with van der Waals surface area (Å²) < 4.78 is 0. The first-order valence-corrected chi connectivity index (χ1v) is 5.11. The van der Waals surface area contributed by atoms with Gasteiger partial charge in [0.2, 0.25) is 5.91 Å². The molecule has 0 spiro atoms. The number of hydrogen-bond acceptors (Lipinski definition) is 5. The number of amides is 1. The first-order valence-electron chi connectivity index (χ1n) is 4.36. The van der Waals surface area contributed by atoms with Gasteiger partial charge in [-0.15, -0.1) is 0 Å². The summed E-state index contributed by atoms with van der Waals surface area (Å²) in [5.41, 5.74) is 5.35. The van der Waals surface area contributed by atoms with E-state index in [0.717, 1.165) is 6.33 Å². The van der Waals surface area contributed by atoms with E-state index in [1.54, 1.807) is 0 Å². The number of nitrogens with two attached hydrogens (primary N) is 1. The maximum absolute atomic E-state index is 11.5. The third-order valence-electron chi connectivity index (χ3n) is 1.73. The molecule has 1 unspecified atom stereocenters. The summed E-state index contributed by atoms with van der Waals surface area (Å²) in [5.74, 6) is -1.92. The lowest BCUT2D eigenvalue weighted by Gasteiger charge is -2.11. The third kappa shape index (κ3) is 3.81. The van der Waals surface area contributed by atoms with Crippen LogP contribution < -0.4 is 11.1 Å². The van der Waals surface area contributed by atoms with E-state index < -0.39 is 24.3 Å². The summed E-state index contributed by atoms with van der Waals surface area (Å²) in [6.45, 7) is 0. The molecule has 1 rings (SSSR count). The second-order valence-corrected chi connectivity index (χ2v) is 3.74. The Balaban J connectivity index is 2.78. The Morgan fingerprint density at radius 1 is 1.41 bits per heavy atom. The van der Waals surface area contributed by atoms with Crippen molar-refractivity contribution in [1.29, 1.82) is 0 Å². The van der Waals surface area contributed by atoms with E-state index in [-0.39, 0.29) is 16.0 Å². The largest absolute Gasteiger partial charge is 0.481 e. The molecular weight excluding hydrogens is 271 g/mol. The van der Waals surface area contributed by atoms with Gasteiger partial charge in [0, 0.05) is 0 Å². The highest BCUT2D eigenvalue weighted by Gasteiger charge is 2.19. The van der Waals surface area contributed by atoms with E-state index in [1.165, 1.54) is 0 Å². The quantitative estimate of drug-likeness (QED) is 0.691. The minimum Gasteiger partial charge on any atom is -0.481 e. The van der Waals surface area contributed by atoms with Crippen LogP contribution in [0.15, 0.2) is 6.33 Å². The maximum Gasteiger partial charge on any atom is 0.305 e. The van der Waals surface area contributed by atoms with Crippen LogP contribution in [-0.4, -0.2) is 33.0 Å². The van der Waals surface area contributed by atoms with Gasteiger partial charge in [-0.2, -0.15) is 0 Å². The van der Waals surface area contributed by atoms with Crippen LogP contribution in [0.5, 0.6) is 0 Å². The monoisotopic (exact) mass is 278 g/mol. The Morgan fingerprint density at radius 3 is 2.41 bits per heavy atom. The van der Waals surface area contributed by atoms with E-state index in [2.05, 4.69) is 15.3 Å². The molecule has 0 saturated heterocycles. The summed E-state index contributed by atoms with van der Waals surface area (Å²) in [6.07, 6.45) is 0.617. The number of carbonyl (C=O) groups is 2. The van der Waals surface area contributed by atoms with Crippen molar-refractivity contribution < 1.29 is 14.7 Å². The highest BCUT2D eigenvalue weighted by Crippen LogP contribution is 2.25. The standard InChI is InChI=1S/C8H8Cl2N4O3/c9-6-5(7(10)13-2-12-6)14-8(17)3(11)1-4(15)16/h2-3H,1,11H2,(H,14,17)(H,15,16). The predicted molar refractivity (Wildman–Crippen MR) is 60.9 cm³/mol. The van der Waals surface area contributed by atoms with Crippen LogP contribution in [0.4, 0.5) is 5.69 Å². The van der Waals surface area contributed by atoms with Crippen molar-refractivity contribution in [1.82, 2.24) is 9.97 Å². The highest BCUT2D eigenvalue weighted by molar-refractivity contribution is 6.38. The molecule has 1 atom stereocenters. The third-order valence-corrected chi connectivity index (χ3v) is 2.31. The molecule has 1 aromatic heterocycles. The Hall–Kier alpha value is -1.44. The second-order valence-electron chi connectivity index (χ2n) is 3.02. The fourth-order valence-corrected chi connectivity index (χ4v) is 1.35. The predicted octanol–water partition coefficient (Wildman–Crippen LogP) is 0.524. The van der Waals surface area contributed by atoms with Gasteiger partial charge in [0.25, 0.3) is 0 Å². The summed E-state index contributed by atoms with van der Waals surface area (Å²) in [4.78, 5) is 29.1. The number of nitrogens with zero attached hydrogens (tertiary/aromatic N) is 2. The number of carboxylic acids is 1. The number of aliphatic carboxylic acids is 1. The Labute approximate surface area is 106 Å². The smallest absolute Gasteiger partial charge is 0.305 e. The molecule has 17 heavy (non-hydrogen) atoms. The van der Waals surface area contributed by atoms with Gasteiger partial charge in [-0.25, -0.2) is 9.97 Å². The molecule has 0 aliphatic rings. The minimum absolute atomic E-state index is 0.00155. The van der Waals surface area contributed by atoms with Crippen molar-refractivity contribution in [2.45, 2.75) is 12.5 Å². The maximum atomic E-state index is 11.5. The molecule has 0 aliphatic carbocycles. The normalized spacial score (nSPS) is 11.9. The van der Waals surface area contributed by atoms with Crippen LogP contribution in [-0.2, 0) is 9.59 Å². The average molecular weight is 279 g/mol. The molecule has 0 aromatic carbocycles. The van der Waals surface area contributed by atoms with Crippen molar-refractivity contribution in [2.24, 2.45) is 5.73 Å². The number of halogens is 2. The number of nitrogens with one attached hydrogen (secondary N) is 1. The van der Waals surface area contributed by atoms with Gasteiger partial charge < -0.3 is 16.2 Å². The Morgan fingerprint density at radius 2 is 1.94 bits per heavy atom. The zero-order chi connectivity index (χ0) is 13.0. The lowest BCUT2D eigenvalue weighted by atomic mass is 10.2. The van der Waals surface area contributed by atoms with E-state index >= 15 is 0 Å². The fourth-order valence-electron chi connectivity index (χ4n) is 0.944. The van der Waals surface area contributed by atoms with Crippen molar-refractivity contribution >= 4 is 40.8 Å². The van der Waals surface area contributed by atoms with E-state index in [4.69, 9.17) is 34.0 Å². The SMILES string of the molecule is NC(CC(=O)O)C(=O)Nc1c(Cl)ncnc1Cl. The number of aromatic nitrogens is 2. The molecule has 4 N–H and O–H groups in total. The van der Waals surface area contributed by atoms with Crippen LogP contribution in [0, 0.1) is 0 Å². The van der Waals surface area contributed by atoms with Gasteiger partial charge in [-0.1, -0.05) is 23.2 Å². The highest BCUT2D eigenvalue weighted by atomic mass is 35.5. The van der Waals surface area contributed by atoms with Crippen LogP contribution in [0.25, 0.3) is 0 Å². The molecule has 9 heteroatoms. The van der Waals surface area contributed by atoms with Crippen LogP contribution in [0.1, 0.15) is 6.42 Å². The summed E-state index contributed by atoms with van der Waals surface area (Å²) in [5, 5.41) is 10.6. The van der Waals surface area contributed by atoms with Crippen molar-refractivity contribution in [3.05, 3.63) is 16.6 Å². The van der Waals surface area contributed by atoms with Gasteiger partial charge >= 0.3 is 5.97 Å². The van der Waals surface area contributed by atoms with Gasteiger partial charge in [0.1, 0.15) is 12.0 Å². The summed E-state index contributed by atoms with van der Waals surface area (Å²) in [7, 11) is 0. The number of rotatable bonds is 4. The molecule has 7 nitrogen and oxygen atoms in total. The Kier molecular flexibility index (Phi) is 4.62. The molecule has 0 bridgehead atoms. The molecule has 1 aromatic rings. The van der Waals surface area contributed by atoms with Crippen LogP contribution in [0.2, 0.25) is 10.3 Å². The fraction of sp³-hybridized carbons (Fsp3) is 0.250. The molecule has 1 heterocycles. The molecular formula is C8H8Cl2N4O3. The topological polar surface area (TPSA) is 118 Å². The molecule has 0 fully saturated rings. The molecule has 1 amide bonds. The number of anilines is 1. The molecule has 0 aliphatic heterocycles. The van der Waals surface area contributed by atoms with Crippen molar-refractivity contribution in [2.75, 3.05) is 5.32 Å². The first kappa shape index (κ1) is 13.6. The van der Waals surface area contributed by atoms with Gasteiger partial charge in [0.15, 0.2) is 10.3 Å². The van der Waals surface area contributed by atoms with E-state index in [1.807, 2.05) is 0 Å². The van der Waals surface area contributed by atoms with Gasteiger partial charge in [-0.3, -0.25) is 9.59 Å². The summed E-state index contributed by atoms with van der Waals surface area (Å²) in [6, 6.07) is -1.21. The first-order chi connectivity index (χ1) is 7.91. The van der Waals surface area contributed by atoms with Crippen LogP contribution in [0.3, 0.4) is 0 Å².